The first-order valence-electron chi connectivity index (χ1n) is 11.2. The van der Waals surface area contributed by atoms with Gasteiger partial charge in [0.15, 0.2) is 5.78 Å². The molecule has 1 aliphatic rings. The van der Waals surface area contributed by atoms with Gasteiger partial charge in [-0.05, 0) is 43.4 Å². The number of carbonyl (C=O) groups excluding carboxylic acids is 3. The summed E-state index contributed by atoms with van der Waals surface area (Å²) < 4.78 is 5.36. The van der Waals surface area contributed by atoms with Gasteiger partial charge < -0.3 is 25.5 Å². The van der Waals surface area contributed by atoms with Crippen LogP contribution < -0.4 is 15.4 Å². The van der Waals surface area contributed by atoms with Gasteiger partial charge in [-0.25, -0.2) is 0 Å². The van der Waals surface area contributed by atoms with E-state index in [1.165, 1.54) is 0 Å². The molecule has 8 nitrogen and oxygen atoms in total. The van der Waals surface area contributed by atoms with Crippen molar-refractivity contribution in [3.8, 4) is 5.75 Å². The third-order valence-corrected chi connectivity index (χ3v) is 6.00. The second-order valence-electron chi connectivity index (χ2n) is 8.96. The Bertz CT molecular complexity index is 968. The zero-order valence-electron chi connectivity index (χ0n) is 18.9. The molecule has 174 valence electrons. The van der Waals surface area contributed by atoms with Crippen molar-refractivity contribution in [1.82, 2.24) is 15.6 Å². The normalized spacial score (nSPS) is 17.9. The molecule has 1 fully saturated rings. The number of Topliss-reactive ketones (excluding diaryl/α,β-unsaturated/α-hetero) is 1. The Morgan fingerprint density at radius 1 is 1.31 bits per heavy atom. The zero-order valence-corrected chi connectivity index (χ0v) is 18.9. The van der Waals surface area contributed by atoms with E-state index >= 15 is 0 Å². The van der Waals surface area contributed by atoms with E-state index in [1.807, 2.05) is 32.0 Å². The number of H-pyrrole nitrogens is 1. The molecule has 4 N–H and O–H groups in total. The highest BCUT2D eigenvalue weighted by Gasteiger charge is 2.30. The summed E-state index contributed by atoms with van der Waals surface area (Å²) in [5.74, 6) is -0.300. The highest BCUT2D eigenvalue weighted by molar-refractivity contribution is 6.02. The van der Waals surface area contributed by atoms with E-state index in [-0.39, 0.29) is 42.5 Å². The summed E-state index contributed by atoms with van der Waals surface area (Å²) in [4.78, 5) is 41.0. The molecule has 2 amide bonds. The van der Waals surface area contributed by atoms with Gasteiger partial charge in [0.25, 0.3) is 0 Å². The largest absolute Gasteiger partial charge is 0.496 e. The summed E-state index contributed by atoms with van der Waals surface area (Å²) in [6.07, 6.45) is 1.69. The number of rotatable bonds is 11. The molecular formula is C24H33N3O5. The number of aliphatic hydroxyl groups is 1. The monoisotopic (exact) mass is 443 g/mol. The number of ketones is 1. The van der Waals surface area contributed by atoms with Crippen LogP contribution >= 0.6 is 0 Å². The van der Waals surface area contributed by atoms with E-state index < -0.39 is 12.0 Å². The molecule has 1 aromatic carbocycles. The Labute approximate surface area is 188 Å². The first kappa shape index (κ1) is 23.8. The Balaban J connectivity index is 1.70. The van der Waals surface area contributed by atoms with E-state index in [4.69, 9.17) is 4.74 Å². The molecule has 0 aliphatic carbocycles. The maximum absolute atomic E-state index is 13.0. The molecule has 2 aromatic rings. The average Bonchev–Trinajstić information content (AvgIpc) is 3.38. The second-order valence-corrected chi connectivity index (χ2v) is 8.96. The topological polar surface area (TPSA) is 121 Å². The van der Waals surface area contributed by atoms with Gasteiger partial charge in [-0.3, -0.25) is 14.4 Å². The van der Waals surface area contributed by atoms with Crippen LogP contribution in [-0.2, 0) is 9.59 Å². The molecule has 2 heterocycles. The molecule has 0 unspecified atom stereocenters. The number of benzene rings is 1. The molecular weight excluding hydrogens is 410 g/mol. The van der Waals surface area contributed by atoms with Crippen LogP contribution in [0.15, 0.2) is 24.3 Å². The Hall–Kier alpha value is -2.87. The molecule has 1 aliphatic heterocycles. The minimum absolute atomic E-state index is 0.0409. The number of nitrogens with one attached hydrogen (secondary N) is 3. The number of hydrogen-bond donors (Lipinski definition) is 4. The van der Waals surface area contributed by atoms with Gasteiger partial charge in [0, 0.05) is 35.7 Å². The van der Waals surface area contributed by atoms with Gasteiger partial charge >= 0.3 is 0 Å². The lowest BCUT2D eigenvalue weighted by Crippen LogP contribution is -2.43. The third-order valence-electron chi connectivity index (χ3n) is 6.00. The number of carbonyl (C=O) groups is 3. The molecule has 0 saturated carbocycles. The van der Waals surface area contributed by atoms with Gasteiger partial charge in [-0.1, -0.05) is 19.9 Å². The quantitative estimate of drug-likeness (QED) is 0.398. The van der Waals surface area contributed by atoms with Gasteiger partial charge in [0.2, 0.25) is 11.8 Å². The fraction of sp³-hybridized carbons (Fsp3) is 0.542. The molecule has 1 aromatic heterocycles. The van der Waals surface area contributed by atoms with Crippen LogP contribution in [0.2, 0.25) is 0 Å². The van der Waals surface area contributed by atoms with E-state index in [0.717, 1.165) is 10.9 Å². The minimum atomic E-state index is -0.526. The van der Waals surface area contributed by atoms with Crippen LogP contribution in [0.25, 0.3) is 10.9 Å². The summed E-state index contributed by atoms with van der Waals surface area (Å²) in [7, 11) is 1.58. The molecule has 3 atom stereocenters. The van der Waals surface area contributed by atoms with Crippen LogP contribution in [0.3, 0.4) is 0 Å². The molecule has 0 spiro atoms. The van der Waals surface area contributed by atoms with Crippen molar-refractivity contribution in [3.63, 3.8) is 0 Å². The Kier molecular flexibility index (Phi) is 7.90. The standard InChI is InChI=1S/C24H33N3O5/c1-14(2)9-16(24(31)26-17(13-28)10-15-7-8-25-23(15)30)11-21(29)20-12-18-19(27-20)5-4-6-22(18)32-3/h4-6,12,14-17,27-28H,7-11,13H2,1-3H3,(H,25,30)(H,26,31)/t15-,16+,17-/m1/s1. The number of ether oxygens (including phenoxy) is 1. The highest BCUT2D eigenvalue weighted by atomic mass is 16.5. The maximum Gasteiger partial charge on any atom is 0.223 e. The first-order valence-corrected chi connectivity index (χ1v) is 11.2. The summed E-state index contributed by atoms with van der Waals surface area (Å²) >= 11 is 0. The zero-order chi connectivity index (χ0) is 23.3. The number of fused-ring (bicyclic) bond motifs is 1. The Morgan fingerprint density at radius 2 is 2.09 bits per heavy atom. The van der Waals surface area contributed by atoms with Crippen molar-refractivity contribution in [2.75, 3.05) is 20.3 Å². The molecule has 32 heavy (non-hydrogen) atoms. The predicted octanol–water partition coefficient (Wildman–Crippen LogP) is 2.41. The van der Waals surface area contributed by atoms with Crippen molar-refractivity contribution < 1.29 is 24.2 Å². The predicted molar refractivity (Wildman–Crippen MR) is 121 cm³/mol. The SMILES string of the molecule is COc1cccc2[nH]c(C(=O)C[C@H](CC(C)C)C(=O)N[C@@H](CO)C[C@H]3CCNC3=O)cc12. The molecule has 0 radical (unpaired) electrons. The lowest BCUT2D eigenvalue weighted by molar-refractivity contribution is -0.127. The van der Waals surface area contributed by atoms with Gasteiger partial charge in [-0.2, -0.15) is 0 Å². The van der Waals surface area contributed by atoms with Gasteiger partial charge in [0.1, 0.15) is 5.75 Å². The third kappa shape index (κ3) is 5.68. The van der Waals surface area contributed by atoms with Crippen LogP contribution in [0, 0.1) is 17.8 Å². The molecule has 0 bridgehead atoms. The van der Waals surface area contributed by atoms with Crippen molar-refractivity contribution in [3.05, 3.63) is 30.0 Å². The number of aliphatic hydroxyl groups excluding tert-OH is 1. The number of methoxy groups -OCH3 is 1. The number of aromatic amines is 1. The summed E-state index contributed by atoms with van der Waals surface area (Å²) in [6, 6.07) is 6.80. The van der Waals surface area contributed by atoms with E-state index in [0.29, 0.717) is 37.3 Å². The van der Waals surface area contributed by atoms with E-state index in [1.54, 1.807) is 13.2 Å². The summed E-state index contributed by atoms with van der Waals surface area (Å²) in [5.41, 5.74) is 1.24. The average molecular weight is 444 g/mol. The fourth-order valence-corrected chi connectivity index (χ4v) is 4.35. The number of amides is 2. The molecule has 1 saturated heterocycles. The van der Waals surface area contributed by atoms with Crippen molar-refractivity contribution in [2.24, 2.45) is 17.8 Å². The smallest absolute Gasteiger partial charge is 0.223 e. The second kappa shape index (κ2) is 10.6. The Morgan fingerprint density at radius 3 is 2.72 bits per heavy atom. The molecule has 3 rings (SSSR count). The van der Waals surface area contributed by atoms with E-state index in [2.05, 4.69) is 15.6 Å². The van der Waals surface area contributed by atoms with Crippen molar-refractivity contribution >= 4 is 28.5 Å². The molecule has 8 heteroatoms. The summed E-state index contributed by atoms with van der Waals surface area (Å²) in [5, 5.41) is 16.2. The van der Waals surface area contributed by atoms with Gasteiger partial charge in [0.05, 0.1) is 25.5 Å². The van der Waals surface area contributed by atoms with E-state index in [9.17, 15) is 19.5 Å². The van der Waals surface area contributed by atoms with Crippen molar-refractivity contribution in [1.29, 1.82) is 0 Å². The number of aromatic nitrogens is 1. The lowest BCUT2D eigenvalue weighted by Gasteiger charge is -2.23. The fourth-order valence-electron chi connectivity index (χ4n) is 4.35. The first-order chi connectivity index (χ1) is 15.3. The van der Waals surface area contributed by atoms with Crippen molar-refractivity contribution in [2.45, 2.75) is 45.6 Å². The van der Waals surface area contributed by atoms with Crippen LogP contribution in [-0.4, -0.2) is 54.0 Å². The van der Waals surface area contributed by atoms with Gasteiger partial charge in [-0.15, -0.1) is 0 Å². The van der Waals surface area contributed by atoms with Crippen LogP contribution in [0.5, 0.6) is 5.75 Å². The van der Waals surface area contributed by atoms with Crippen LogP contribution in [0.4, 0.5) is 0 Å². The van der Waals surface area contributed by atoms with Crippen LogP contribution in [0.1, 0.15) is 50.0 Å². The lowest BCUT2D eigenvalue weighted by atomic mass is 9.90. The highest BCUT2D eigenvalue weighted by Crippen LogP contribution is 2.27. The summed E-state index contributed by atoms with van der Waals surface area (Å²) in [6.45, 7) is 4.38. The minimum Gasteiger partial charge on any atom is -0.496 e. The maximum atomic E-state index is 13.0. The number of hydrogen-bond acceptors (Lipinski definition) is 5.